The molecular weight excluding hydrogens is 408 g/mol. The lowest BCUT2D eigenvalue weighted by Crippen LogP contribution is -2.39. The third-order valence-electron chi connectivity index (χ3n) is 6.35. The van der Waals surface area contributed by atoms with Gasteiger partial charge in [-0.1, -0.05) is 24.3 Å². The van der Waals surface area contributed by atoms with E-state index in [9.17, 15) is 9.59 Å². The SMILES string of the molecule is O=C(COC(=O)C1CCN(c2ccc3nncn3n2)CC1)NC1CCCc2ccccc21. The molecule has 2 aliphatic rings. The van der Waals surface area contributed by atoms with Crippen LogP contribution < -0.4 is 10.2 Å². The molecule has 3 aromatic rings. The number of ether oxygens (including phenoxy) is 1. The van der Waals surface area contributed by atoms with Gasteiger partial charge in [0.25, 0.3) is 5.91 Å². The summed E-state index contributed by atoms with van der Waals surface area (Å²) < 4.78 is 6.99. The van der Waals surface area contributed by atoms with E-state index in [1.54, 1.807) is 10.8 Å². The van der Waals surface area contributed by atoms with Gasteiger partial charge in [-0.3, -0.25) is 9.59 Å². The van der Waals surface area contributed by atoms with E-state index in [-0.39, 0.29) is 30.4 Å². The van der Waals surface area contributed by atoms with Gasteiger partial charge >= 0.3 is 5.97 Å². The van der Waals surface area contributed by atoms with Crippen molar-refractivity contribution in [2.24, 2.45) is 5.92 Å². The second-order valence-electron chi connectivity index (χ2n) is 8.41. The fourth-order valence-electron chi connectivity index (χ4n) is 4.63. The van der Waals surface area contributed by atoms with Gasteiger partial charge in [-0.2, -0.15) is 4.52 Å². The highest BCUT2D eigenvalue weighted by molar-refractivity contribution is 5.81. The van der Waals surface area contributed by atoms with E-state index in [2.05, 4.69) is 37.6 Å². The largest absolute Gasteiger partial charge is 0.455 e. The molecule has 166 valence electrons. The van der Waals surface area contributed by atoms with Crippen LogP contribution in [0.1, 0.15) is 42.9 Å². The molecule has 5 rings (SSSR count). The first-order valence-electron chi connectivity index (χ1n) is 11.1. The zero-order chi connectivity index (χ0) is 21.9. The summed E-state index contributed by atoms with van der Waals surface area (Å²) in [5.41, 5.74) is 3.15. The predicted molar refractivity (Wildman–Crippen MR) is 117 cm³/mol. The van der Waals surface area contributed by atoms with Crippen LogP contribution in [0, 0.1) is 5.92 Å². The standard InChI is InChI=1S/C23H26N6O3/c30-22(25-19-7-3-5-16-4-1-2-6-18(16)19)14-32-23(31)17-10-12-28(13-11-17)21-9-8-20-26-24-15-29(20)27-21/h1-2,4,6,8-9,15,17,19H,3,5,7,10-14H2,(H,25,30). The normalized spacial score (nSPS) is 18.9. The highest BCUT2D eigenvalue weighted by atomic mass is 16.5. The Balaban J connectivity index is 1.09. The number of nitrogens with one attached hydrogen (secondary N) is 1. The molecule has 0 saturated carbocycles. The first-order valence-corrected chi connectivity index (χ1v) is 11.1. The number of carbonyl (C=O) groups is 2. The minimum atomic E-state index is -0.300. The van der Waals surface area contributed by atoms with Gasteiger partial charge in [-0.25, -0.2) is 0 Å². The van der Waals surface area contributed by atoms with E-state index in [0.717, 1.165) is 25.1 Å². The fourth-order valence-corrected chi connectivity index (χ4v) is 4.63. The predicted octanol–water partition coefficient (Wildman–Crippen LogP) is 2.08. The molecule has 0 bridgehead atoms. The number of fused-ring (bicyclic) bond motifs is 2. The molecule has 3 heterocycles. The molecule has 1 N–H and O–H groups in total. The number of esters is 1. The number of aromatic nitrogens is 4. The van der Waals surface area contributed by atoms with Gasteiger partial charge in [-0.05, 0) is 55.4 Å². The number of hydrogen-bond donors (Lipinski definition) is 1. The number of hydrogen-bond acceptors (Lipinski definition) is 7. The van der Waals surface area contributed by atoms with Crippen LogP contribution in [-0.2, 0) is 20.7 Å². The van der Waals surface area contributed by atoms with E-state index < -0.39 is 0 Å². The Kier molecular flexibility index (Phi) is 5.70. The summed E-state index contributed by atoms with van der Waals surface area (Å²) in [4.78, 5) is 27.1. The average Bonchev–Trinajstić information content (AvgIpc) is 3.31. The minimum absolute atomic E-state index is 0.00933. The van der Waals surface area contributed by atoms with E-state index in [4.69, 9.17) is 4.74 Å². The van der Waals surface area contributed by atoms with Crippen molar-refractivity contribution in [2.45, 2.75) is 38.1 Å². The maximum Gasteiger partial charge on any atom is 0.309 e. The van der Waals surface area contributed by atoms with Gasteiger partial charge in [0, 0.05) is 13.1 Å². The molecule has 1 aliphatic heterocycles. The Hall–Kier alpha value is -3.49. The lowest BCUT2D eigenvalue weighted by atomic mass is 9.88. The topological polar surface area (TPSA) is 102 Å². The molecule has 1 atom stereocenters. The zero-order valence-electron chi connectivity index (χ0n) is 17.8. The Bertz CT molecular complexity index is 1120. The molecule has 1 fully saturated rings. The molecule has 1 aliphatic carbocycles. The van der Waals surface area contributed by atoms with Crippen molar-refractivity contribution in [3.05, 3.63) is 53.9 Å². The number of carbonyl (C=O) groups excluding carboxylic acids is 2. The molecule has 1 aromatic carbocycles. The van der Waals surface area contributed by atoms with E-state index in [0.29, 0.717) is 31.6 Å². The summed E-state index contributed by atoms with van der Waals surface area (Å²) in [5.74, 6) is 0.0827. The zero-order valence-corrected chi connectivity index (χ0v) is 17.8. The van der Waals surface area contributed by atoms with E-state index >= 15 is 0 Å². The first kappa shape index (κ1) is 20.4. The Morgan fingerprint density at radius 2 is 1.94 bits per heavy atom. The number of amides is 1. The third-order valence-corrected chi connectivity index (χ3v) is 6.35. The Morgan fingerprint density at radius 1 is 1.09 bits per heavy atom. The summed E-state index contributed by atoms with van der Waals surface area (Å²) in [6.45, 7) is 1.17. The van der Waals surface area contributed by atoms with Crippen molar-refractivity contribution in [3.8, 4) is 0 Å². The summed E-state index contributed by atoms with van der Waals surface area (Å²) in [6, 6.07) is 12.0. The molecule has 0 spiro atoms. The number of aryl methyl sites for hydroxylation is 1. The van der Waals surface area contributed by atoms with Crippen LogP contribution in [0.15, 0.2) is 42.7 Å². The number of piperidine rings is 1. The van der Waals surface area contributed by atoms with Gasteiger partial charge in [0.2, 0.25) is 0 Å². The molecule has 1 amide bonds. The lowest BCUT2D eigenvalue weighted by Gasteiger charge is -2.31. The maximum absolute atomic E-state index is 12.5. The highest BCUT2D eigenvalue weighted by Crippen LogP contribution is 2.29. The second-order valence-corrected chi connectivity index (χ2v) is 8.41. The van der Waals surface area contributed by atoms with Crippen molar-refractivity contribution in [1.29, 1.82) is 0 Å². The van der Waals surface area contributed by atoms with Crippen LogP contribution >= 0.6 is 0 Å². The van der Waals surface area contributed by atoms with Crippen LogP contribution in [0.4, 0.5) is 5.82 Å². The van der Waals surface area contributed by atoms with Crippen molar-refractivity contribution in [2.75, 3.05) is 24.6 Å². The monoisotopic (exact) mass is 434 g/mol. The molecule has 9 heteroatoms. The van der Waals surface area contributed by atoms with Crippen molar-refractivity contribution in [1.82, 2.24) is 25.1 Å². The van der Waals surface area contributed by atoms with Crippen LogP contribution in [0.3, 0.4) is 0 Å². The van der Waals surface area contributed by atoms with Crippen molar-refractivity contribution < 1.29 is 14.3 Å². The molecular formula is C23H26N6O3. The molecule has 1 unspecified atom stereocenters. The van der Waals surface area contributed by atoms with Crippen molar-refractivity contribution in [3.63, 3.8) is 0 Å². The number of rotatable bonds is 5. The van der Waals surface area contributed by atoms with Crippen molar-refractivity contribution >= 4 is 23.3 Å². The van der Waals surface area contributed by atoms with Gasteiger partial charge < -0.3 is 15.0 Å². The van der Waals surface area contributed by atoms with Gasteiger partial charge in [0.05, 0.1) is 12.0 Å². The Morgan fingerprint density at radius 3 is 2.81 bits per heavy atom. The van der Waals surface area contributed by atoms with E-state index in [1.807, 2.05) is 24.3 Å². The quantitative estimate of drug-likeness (QED) is 0.614. The van der Waals surface area contributed by atoms with Gasteiger partial charge in [-0.15, -0.1) is 15.3 Å². The Labute approximate surface area is 185 Å². The molecule has 9 nitrogen and oxygen atoms in total. The van der Waals surface area contributed by atoms with Crippen LogP contribution in [-0.4, -0.2) is 51.4 Å². The maximum atomic E-state index is 12.5. The summed E-state index contributed by atoms with van der Waals surface area (Å²) in [5, 5.41) is 15.3. The number of anilines is 1. The molecule has 32 heavy (non-hydrogen) atoms. The number of nitrogens with zero attached hydrogens (tertiary/aromatic N) is 5. The fraction of sp³-hybridized carbons (Fsp3) is 0.435. The highest BCUT2D eigenvalue weighted by Gasteiger charge is 2.28. The second kappa shape index (κ2) is 8.94. The third kappa shape index (κ3) is 4.28. The van der Waals surface area contributed by atoms with E-state index in [1.165, 1.54) is 11.1 Å². The smallest absolute Gasteiger partial charge is 0.309 e. The molecule has 1 saturated heterocycles. The average molecular weight is 435 g/mol. The summed E-state index contributed by atoms with van der Waals surface area (Å²) in [6.07, 6.45) is 5.89. The number of benzene rings is 1. The van der Waals surface area contributed by atoms with Crippen LogP contribution in [0.2, 0.25) is 0 Å². The summed E-state index contributed by atoms with van der Waals surface area (Å²) in [7, 11) is 0. The molecule has 2 aromatic heterocycles. The molecule has 0 radical (unpaired) electrons. The van der Waals surface area contributed by atoms with Gasteiger partial charge in [0.15, 0.2) is 12.3 Å². The first-order chi connectivity index (χ1) is 15.7. The minimum Gasteiger partial charge on any atom is -0.455 e. The van der Waals surface area contributed by atoms with Gasteiger partial charge in [0.1, 0.15) is 12.1 Å². The van der Waals surface area contributed by atoms with Crippen LogP contribution in [0.5, 0.6) is 0 Å². The lowest BCUT2D eigenvalue weighted by molar-refractivity contribution is -0.153. The summed E-state index contributed by atoms with van der Waals surface area (Å²) >= 11 is 0. The van der Waals surface area contributed by atoms with Crippen LogP contribution in [0.25, 0.3) is 5.65 Å².